The van der Waals surface area contributed by atoms with Crippen molar-refractivity contribution in [1.29, 1.82) is 0 Å². The highest BCUT2D eigenvalue weighted by molar-refractivity contribution is 7.07. The van der Waals surface area contributed by atoms with E-state index in [1.165, 1.54) is 14.2 Å². The van der Waals surface area contributed by atoms with E-state index in [-0.39, 0.29) is 11.6 Å². The van der Waals surface area contributed by atoms with Gasteiger partial charge in [-0.15, -0.1) is 0 Å². The van der Waals surface area contributed by atoms with Gasteiger partial charge in [-0.1, -0.05) is 47.6 Å². The van der Waals surface area contributed by atoms with Gasteiger partial charge in [-0.3, -0.25) is 4.79 Å². The number of benzene rings is 2. The average Bonchev–Trinajstić information content (AvgIpc) is 3.15. The molecule has 8 heteroatoms. The third-order valence-corrected chi connectivity index (χ3v) is 4.00. The van der Waals surface area contributed by atoms with E-state index in [2.05, 4.69) is 19.8 Å². The normalized spacial score (nSPS) is 11.1. The van der Waals surface area contributed by atoms with Crippen LogP contribution in [0, 0.1) is 0 Å². The molecule has 1 aromatic heterocycles. The standard InChI is InChI=1S/C18H16N4O3S/c1-19-17(23)15(21-24-2)13-10-6-7-11-14(13)25-18-20-16(22-26-18)12-8-4-3-5-9-12/h3-11H,1-2H3,(H,19,23)/b21-15+. The van der Waals surface area contributed by atoms with Crippen LogP contribution in [0.4, 0.5) is 0 Å². The molecule has 0 spiro atoms. The van der Waals surface area contributed by atoms with Gasteiger partial charge in [0.05, 0.1) is 5.56 Å². The molecular weight excluding hydrogens is 352 g/mol. The van der Waals surface area contributed by atoms with Gasteiger partial charge in [0.25, 0.3) is 11.1 Å². The lowest BCUT2D eigenvalue weighted by atomic mass is 10.1. The number of hydrogen-bond donors (Lipinski definition) is 1. The predicted octanol–water partition coefficient (Wildman–Crippen LogP) is 3.09. The summed E-state index contributed by atoms with van der Waals surface area (Å²) >= 11 is 1.13. The second-order valence-electron chi connectivity index (χ2n) is 5.05. The van der Waals surface area contributed by atoms with Crippen molar-refractivity contribution in [2.75, 3.05) is 14.2 Å². The molecule has 132 valence electrons. The Bertz CT molecular complexity index is 925. The van der Waals surface area contributed by atoms with Gasteiger partial charge in [-0.05, 0) is 12.1 Å². The van der Waals surface area contributed by atoms with Gasteiger partial charge in [0, 0.05) is 24.1 Å². The number of nitrogens with zero attached hydrogens (tertiary/aromatic N) is 3. The number of oxime groups is 1. The SMILES string of the molecule is CNC(=O)/C(=N/OC)c1ccccc1Oc1nc(-c2ccccc2)ns1. The summed E-state index contributed by atoms with van der Waals surface area (Å²) < 4.78 is 10.2. The van der Waals surface area contributed by atoms with Gasteiger partial charge in [-0.2, -0.15) is 9.36 Å². The zero-order valence-corrected chi connectivity index (χ0v) is 15.0. The summed E-state index contributed by atoms with van der Waals surface area (Å²) in [4.78, 5) is 21.3. The van der Waals surface area contributed by atoms with E-state index >= 15 is 0 Å². The lowest BCUT2D eigenvalue weighted by Crippen LogP contribution is -2.28. The fraction of sp³-hybridized carbons (Fsp3) is 0.111. The summed E-state index contributed by atoms with van der Waals surface area (Å²) in [6.45, 7) is 0. The molecule has 1 heterocycles. The smallest absolute Gasteiger partial charge is 0.299 e. The van der Waals surface area contributed by atoms with Crippen molar-refractivity contribution < 1.29 is 14.4 Å². The first-order valence-corrected chi connectivity index (χ1v) is 8.50. The Morgan fingerprint density at radius 3 is 2.58 bits per heavy atom. The Balaban J connectivity index is 1.91. The molecule has 0 fully saturated rings. The molecule has 0 bridgehead atoms. The van der Waals surface area contributed by atoms with Crippen molar-refractivity contribution in [2.45, 2.75) is 0 Å². The summed E-state index contributed by atoms with van der Waals surface area (Å²) in [6.07, 6.45) is 0. The fourth-order valence-corrected chi connectivity index (χ4v) is 2.79. The summed E-state index contributed by atoms with van der Waals surface area (Å²) in [5.41, 5.74) is 1.50. The van der Waals surface area contributed by atoms with E-state index in [1.54, 1.807) is 24.3 Å². The minimum Gasteiger partial charge on any atom is -0.429 e. The maximum Gasteiger partial charge on any atom is 0.299 e. The zero-order valence-electron chi connectivity index (χ0n) is 14.2. The first kappa shape index (κ1) is 17.6. The molecule has 26 heavy (non-hydrogen) atoms. The molecule has 7 nitrogen and oxygen atoms in total. The molecule has 1 amide bonds. The van der Waals surface area contributed by atoms with Gasteiger partial charge >= 0.3 is 0 Å². The molecule has 2 aromatic carbocycles. The Hall–Kier alpha value is -3.26. The molecule has 0 aliphatic carbocycles. The Kier molecular flexibility index (Phi) is 5.55. The van der Waals surface area contributed by atoms with Crippen molar-refractivity contribution in [3.05, 3.63) is 60.2 Å². The second-order valence-corrected chi connectivity index (χ2v) is 5.76. The van der Waals surface area contributed by atoms with Crippen molar-refractivity contribution in [1.82, 2.24) is 14.7 Å². The van der Waals surface area contributed by atoms with Gasteiger partial charge in [0.1, 0.15) is 12.9 Å². The average molecular weight is 368 g/mol. The van der Waals surface area contributed by atoms with Crippen molar-refractivity contribution in [3.63, 3.8) is 0 Å². The number of para-hydroxylation sites is 1. The van der Waals surface area contributed by atoms with E-state index in [4.69, 9.17) is 9.57 Å². The molecule has 0 atom stereocenters. The summed E-state index contributed by atoms with van der Waals surface area (Å²) in [7, 11) is 2.90. The van der Waals surface area contributed by atoms with E-state index in [0.29, 0.717) is 22.3 Å². The van der Waals surface area contributed by atoms with E-state index < -0.39 is 0 Å². The Morgan fingerprint density at radius 2 is 1.85 bits per heavy atom. The highest BCUT2D eigenvalue weighted by atomic mass is 32.1. The molecule has 3 rings (SSSR count). The number of ether oxygens (including phenoxy) is 1. The van der Waals surface area contributed by atoms with E-state index in [9.17, 15) is 4.79 Å². The second kappa shape index (κ2) is 8.21. The van der Waals surface area contributed by atoms with Crippen LogP contribution in [0.2, 0.25) is 0 Å². The minimum absolute atomic E-state index is 0.110. The molecule has 0 aliphatic rings. The van der Waals surface area contributed by atoms with Crippen LogP contribution in [0.3, 0.4) is 0 Å². The fourth-order valence-electron chi connectivity index (χ4n) is 2.22. The third kappa shape index (κ3) is 3.86. The molecule has 1 N–H and O–H groups in total. The van der Waals surface area contributed by atoms with Gasteiger partial charge in [0.15, 0.2) is 11.5 Å². The minimum atomic E-state index is -0.384. The highest BCUT2D eigenvalue weighted by Crippen LogP contribution is 2.29. The third-order valence-electron chi connectivity index (χ3n) is 3.40. The van der Waals surface area contributed by atoms with Crippen LogP contribution in [0.5, 0.6) is 10.9 Å². The number of rotatable bonds is 6. The number of carbonyl (C=O) groups excluding carboxylic acids is 1. The van der Waals surface area contributed by atoms with Gasteiger partial charge in [-0.25, -0.2) is 0 Å². The molecule has 3 aromatic rings. The molecule has 0 aliphatic heterocycles. The lowest BCUT2D eigenvalue weighted by Gasteiger charge is -2.09. The molecule has 0 unspecified atom stereocenters. The van der Waals surface area contributed by atoms with E-state index in [0.717, 1.165) is 17.1 Å². The molecule has 0 radical (unpaired) electrons. The van der Waals surface area contributed by atoms with Gasteiger partial charge in [0.2, 0.25) is 0 Å². The van der Waals surface area contributed by atoms with Crippen LogP contribution < -0.4 is 10.1 Å². The number of carbonyl (C=O) groups is 1. The predicted molar refractivity (Wildman–Crippen MR) is 99.5 cm³/mol. The Labute approximate surface area is 154 Å². The van der Waals surface area contributed by atoms with Crippen LogP contribution >= 0.6 is 11.5 Å². The first-order chi connectivity index (χ1) is 12.7. The molecule has 0 saturated carbocycles. The van der Waals surface area contributed by atoms with Crippen molar-refractivity contribution in [3.8, 4) is 22.3 Å². The number of aromatic nitrogens is 2. The van der Waals surface area contributed by atoms with Crippen LogP contribution in [0.1, 0.15) is 5.56 Å². The monoisotopic (exact) mass is 368 g/mol. The molecule has 0 saturated heterocycles. The Morgan fingerprint density at radius 1 is 1.12 bits per heavy atom. The largest absolute Gasteiger partial charge is 0.429 e. The van der Waals surface area contributed by atoms with Crippen LogP contribution in [0.25, 0.3) is 11.4 Å². The summed E-state index contributed by atoms with van der Waals surface area (Å²) in [6, 6.07) is 16.7. The van der Waals surface area contributed by atoms with Gasteiger partial charge < -0.3 is 14.9 Å². The number of hydrogen-bond acceptors (Lipinski definition) is 7. The summed E-state index contributed by atoms with van der Waals surface area (Å²) in [5.74, 6) is 0.632. The summed E-state index contributed by atoms with van der Waals surface area (Å²) in [5, 5.41) is 6.71. The topological polar surface area (TPSA) is 85.7 Å². The quantitative estimate of drug-likeness (QED) is 0.534. The van der Waals surface area contributed by atoms with Crippen molar-refractivity contribution in [2.24, 2.45) is 5.16 Å². The highest BCUT2D eigenvalue weighted by Gasteiger charge is 2.19. The van der Waals surface area contributed by atoms with Crippen LogP contribution in [0.15, 0.2) is 59.8 Å². The van der Waals surface area contributed by atoms with E-state index in [1.807, 2.05) is 30.3 Å². The maximum atomic E-state index is 12.1. The zero-order chi connectivity index (χ0) is 18.4. The number of likely N-dealkylation sites (N-methyl/N-ethyl adjacent to an activating group) is 1. The lowest BCUT2D eigenvalue weighted by molar-refractivity contribution is -0.114. The maximum absolute atomic E-state index is 12.1. The molecular formula is C18H16N4O3S. The number of nitrogens with one attached hydrogen (secondary N) is 1. The first-order valence-electron chi connectivity index (χ1n) is 7.72. The van der Waals surface area contributed by atoms with Crippen LogP contribution in [-0.4, -0.2) is 35.1 Å². The van der Waals surface area contributed by atoms with Crippen LogP contribution in [-0.2, 0) is 9.63 Å². The van der Waals surface area contributed by atoms with Crippen molar-refractivity contribution >= 4 is 23.2 Å². The number of amides is 1.